The fourth-order valence-corrected chi connectivity index (χ4v) is 3.83. The average molecular weight is 361 g/mol. The van der Waals surface area contributed by atoms with E-state index in [0.717, 1.165) is 10.8 Å². The maximum atomic E-state index is 11.2. The number of hydrogen-bond donors (Lipinski definition) is 2. The third-order valence-electron chi connectivity index (χ3n) is 3.45. The van der Waals surface area contributed by atoms with Gasteiger partial charge in [-0.3, -0.25) is 4.99 Å². The predicted octanol–water partition coefficient (Wildman–Crippen LogP) is 0.0396. The van der Waals surface area contributed by atoms with Crippen molar-refractivity contribution in [3.8, 4) is 0 Å². The van der Waals surface area contributed by atoms with E-state index in [1.165, 1.54) is 11.3 Å². The monoisotopic (exact) mass is 361 g/mol. The molecule has 1 aliphatic heterocycles. The molecular formula is C13H23N5O3S2. The summed E-state index contributed by atoms with van der Waals surface area (Å²) >= 11 is 1.52. The maximum Gasteiger partial charge on any atom is 0.274 e. The van der Waals surface area contributed by atoms with Gasteiger partial charge in [0.1, 0.15) is 0 Å². The van der Waals surface area contributed by atoms with E-state index in [4.69, 9.17) is 14.9 Å². The van der Waals surface area contributed by atoms with E-state index >= 15 is 0 Å². The Balaban J connectivity index is 2.08. The summed E-state index contributed by atoms with van der Waals surface area (Å²) in [6.45, 7) is 4.59. The molecule has 3 N–H and O–H groups in total. The van der Waals surface area contributed by atoms with Crippen LogP contribution in [0.5, 0.6) is 0 Å². The van der Waals surface area contributed by atoms with Crippen molar-refractivity contribution in [2.75, 3.05) is 33.4 Å². The van der Waals surface area contributed by atoms with Crippen molar-refractivity contribution in [2.45, 2.75) is 19.4 Å². The van der Waals surface area contributed by atoms with Gasteiger partial charge < -0.3 is 9.64 Å². The molecule has 0 aromatic carbocycles. The largest absolute Gasteiger partial charge is 0.384 e. The lowest BCUT2D eigenvalue weighted by Gasteiger charge is -2.20. The fraction of sp³-hybridized carbons (Fsp3) is 0.692. The second kappa shape index (κ2) is 8.15. The third kappa shape index (κ3) is 5.81. The Kier molecular flexibility index (Phi) is 6.48. The number of thiazole rings is 1. The highest BCUT2D eigenvalue weighted by atomic mass is 32.2. The lowest BCUT2D eigenvalue weighted by Crippen LogP contribution is -2.41. The molecule has 130 valence electrons. The molecule has 1 aromatic heterocycles. The van der Waals surface area contributed by atoms with Crippen LogP contribution in [0.1, 0.15) is 18.4 Å². The molecule has 23 heavy (non-hydrogen) atoms. The Bertz CT molecular complexity index is 618. The molecule has 2 heterocycles. The molecule has 0 saturated carbocycles. The molecule has 0 aliphatic carbocycles. The fourth-order valence-electron chi connectivity index (χ4n) is 2.50. The van der Waals surface area contributed by atoms with Crippen LogP contribution in [0, 0.1) is 5.92 Å². The quantitative estimate of drug-likeness (QED) is 0.526. The predicted molar refractivity (Wildman–Crippen MR) is 90.8 cm³/mol. The Morgan fingerprint density at radius 2 is 2.48 bits per heavy atom. The minimum absolute atomic E-state index is 0.202. The Morgan fingerprint density at radius 1 is 1.70 bits per heavy atom. The number of aliphatic imine (C=N–C) groups is 1. The molecule has 1 saturated heterocycles. The van der Waals surface area contributed by atoms with E-state index in [1.54, 1.807) is 13.3 Å². The maximum absolute atomic E-state index is 11.2. The normalized spacial score (nSPS) is 20.9. The minimum Gasteiger partial charge on any atom is -0.384 e. The topological polar surface area (TPSA) is 110 Å². The van der Waals surface area contributed by atoms with Gasteiger partial charge in [0.2, 0.25) is 0 Å². The summed E-state index contributed by atoms with van der Waals surface area (Å²) in [6.07, 6.45) is 2.43. The summed E-state index contributed by atoms with van der Waals surface area (Å²) < 4.78 is 29.9. The van der Waals surface area contributed by atoms with Crippen molar-refractivity contribution in [1.29, 1.82) is 0 Å². The van der Waals surface area contributed by atoms with Gasteiger partial charge in [-0.15, -0.1) is 11.3 Å². The van der Waals surface area contributed by atoms with Gasteiger partial charge in [-0.2, -0.15) is 13.1 Å². The van der Waals surface area contributed by atoms with Crippen LogP contribution in [-0.4, -0.2) is 63.5 Å². The van der Waals surface area contributed by atoms with Gasteiger partial charge in [0.05, 0.1) is 6.61 Å². The Hall–Kier alpha value is -1.07. The molecule has 2 rings (SSSR count). The molecule has 1 fully saturated rings. The first-order valence-corrected chi connectivity index (χ1v) is 9.80. The summed E-state index contributed by atoms with van der Waals surface area (Å²) in [6, 6.07) is -0.202. The number of amidine groups is 1. The number of hydrogen-bond acceptors (Lipinski definition) is 6. The SMILES string of the molecule is COCC(C)C/N=C(/c1nccs1)N1CC[C@H](NS(N)(=O)=O)C1. The molecule has 1 aliphatic rings. The first-order valence-electron chi connectivity index (χ1n) is 7.37. The number of nitrogens with two attached hydrogens (primary N) is 1. The van der Waals surface area contributed by atoms with Gasteiger partial charge in [-0.1, -0.05) is 6.92 Å². The molecule has 8 nitrogen and oxygen atoms in total. The summed E-state index contributed by atoms with van der Waals surface area (Å²) in [5.41, 5.74) is 0. The highest BCUT2D eigenvalue weighted by Crippen LogP contribution is 2.17. The van der Waals surface area contributed by atoms with Gasteiger partial charge in [0.15, 0.2) is 10.8 Å². The first-order chi connectivity index (χ1) is 10.9. The van der Waals surface area contributed by atoms with E-state index in [0.29, 0.717) is 38.6 Å². The number of likely N-dealkylation sites (tertiary alicyclic amines) is 1. The van der Waals surface area contributed by atoms with Crippen LogP contribution in [0.3, 0.4) is 0 Å². The van der Waals surface area contributed by atoms with Crippen LogP contribution in [-0.2, 0) is 14.9 Å². The minimum atomic E-state index is -3.69. The molecule has 0 radical (unpaired) electrons. The summed E-state index contributed by atoms with van der Waals surface area (Å²) in [5.74, 6) is 1.11. The number of methoxy groups -OCH3 is 1. The van der Waals surface area contributed by atoms with Crippen LogP contribution < -0.4 is 9.86 Å². The van der Waals surface area contributed by atoms with Crippen molar-refractivity contribution in [1.82, 2.24) is 14.6 Å². The van der Waals surface area contributed by atoms with Crippen molar-refractivity contribution in [3.05, 3.63) is 16.6 Å². The number of rotatable bonds is 7. The van der Waals surface area contributed by atoms with Gasteiger partial charge in [-0.25, -0.2) is 10.1 Å². The summed E-state index contributed by atoms with van der Waals surface area (Å²) in [5, 5.41) is 7.79. The molecule has 0 bridgehead atoms. The van der Waals surface area contributed by atoms with Crippen molar-refractivity contribution in [2.24, 2.45) is 16.0 Å². The Labute approximate surface area is 140 Å². The van der Waals surface area contributed by atoms with Crippen LogP contribution in [0.4, 0.5) is 0 Å². The van der Waals surface area contributed by atoms with E-state index in [9.17, 15) is 8.42 Å². The van der Waals surface area contributed by atoms with Crippen LogP contribution >= 0.6 is 11.3 Å². The first kappa shape index (κ1) is 18.3. The zero-order chi connectivity index (χ0) is 16.9. The molecular weight excluding hydrogens is 338 g/mol. The standard InChI is InChI=1S/C13H23N5O3S2/c1-10(9-21-2)7-16-12(13-15-4-6-22-13)18-5-3-11(8-18)17-23(14,19)20/h4,6,10-11,17H,3,5,7-9H2,1-2H3,(H2,14,19,20)/b16-12-/t10?,11-/m0/s1. The van der Waals surface area contributed by atoms with E-state index in [2.05, 4.69) is 21.5 Å². The highest BCUT2D eigenvalue weighted by Gasteiger charge is 2.28. The molecule has 1 aromatic rings. The van der Waals surface area contributed by atoms with Gasteiger partial charge in [0.25, 0.3) is 10.2 Å². The molecule has 0 amide bonds. The number of nitrogens with one attached hydrogen (secondary N) is 1. The highest BCUT2D eigenvalue weighted by molar-refractivity contribution is 7.87. The lowest BCUT2D eigenvalue weighted by molar-refractivity contribution is 0.163. The lowest BCUT2D eigenvalue weighted by atomic mass is 10.2. The summed E-state index contributed by atoms with van der Waals surface area (Å²) in [4.78, 5) is 11.1. The van der Waals surface area contributed by atoms with Gasteiger partial charge >= 0.3 is 0 Å². The van der Waals surface area contributed by atoms with Gasteiger partial charge in [-0.05, 0) is 12.3 Å². The zero-order valence-corrected chi connectivity index (χ0v) is 14.9. The van der Waals surface area contributed by atoms with Crippen LogP contribution in [0.25, 0.3) is 0 Å². The smallest absolute Gasteiger partial charge is 0.274 e. The van der Waals surface area contributed by atoms with Crippen molar-refractivity contribution in [3.63, 3.8) is 0 Å². The molecule has 1 unspecified atom stereocenters. The van der Waals surface area contributed by atoms with Crippen molar-refractivity contribution < 1.29 is 13.2 Å². The van der Waals surface area contributed by atoms with Crippen LogP contribution in [0.15, 0.2) is 16.6 Å². The zero-order valence-electron chi connectivity index (χ0n) is 13.3. The van der Waals surface area contributed by atoms with E-state index < -0.39 is 10.2 Å². The summed E-state index contributed by atoms with van der Waals surface area (Å²) in [7, 11) is -2.02. The second-order valence-corrected chi connectivity index (χ2v) is 7.88. The van der Waals surface area contributed by atoms with Crippen molar-refractivity contribution >= 4 is 27.4 Å². The molecule has 0 spiro atoms. The van der Waals surface area contributed by atoms with Crippen LogP contribution in [0.2, 0.25) is 0 Å². The molecule has 10 heteroatoms. The number of ether oxygens (including phenoxy) is 1. The number of aromatic nitrogens is 1. The van der Waals surface area contributed by atoms with Gasteiger partial charge in [0, 0.05) is 44.4 Å². The van der Waals surface area contributed by atoms with E-state index in [1.807, 2.05) is 5.38 Å². The van der Waals surface area contributed by atoms with E-state index in [-0.39, 0.29) is 6.04 Å². The third-order valence-corrected chi connectivity index (χ3v) is 4.88. The number of nitrogens with zero attached hydrogens (tertiary/aromatic N) is 3. The molecule has 2 atom stereocenters. The Morgan fingerprint density at radius 3 is 3.09 bits per heavy atom. The second-order valence-electron chi connectivity index (χ2n) is 5.66. The average Bonchev–Trinajstić information content (AvgIpc) is 3.10.